The van der Waals surface area contributed by atoms with Gasteiger partial charge in [0, 0.05) is 30.2 Å². The molecule has 0 aliphatic carbocycles. The topological polar surface area (TPSA) is 76.4 Å². The summed E-state index contributed by atoms with van der Waals surface area (Å²) in [7, 11) is 0. The van der Waals surface area contributed by atoms with E-state index in [0.717, 1.165) is 29.6 Å². The van der Waals surface area contributed by atoms with Crippen molar-refractivity contribution in [2.45, 2.75) is 26.5 Å². The molecular weight excluding hydrogens is 388 g/mol. The summed E-state index contributed by atoms with van der Waals surface area (Å²) in [5, 5.41) is 7.27. The first kappa shape index (κ1) is 20.7. The third-order valence-corrected chi connectivity index (χ3v) is 4.30. The molecule has 3 rings (SSSR count). The van der Waals surface area contributed by atoms with Crippen LogP contribution in [0, 0.1) is 0 Å². The molecular formula is C21H25ClN6O. The molecule has 2 N–H and O–H groups in total. The number of guanidine groups is 1. The van der Waals surface area contributed by atoms with Crippen LogP contribution in [0.15, 0.2) is 66.3 Å². The Morgan fingerprint density at radius 1 is 1.21 bits per heavy atom. The van der Waals surface area contributed by atoms with Crippen LogP contribution in [0.3, 0.4) is 0 Å². The average Bonchev–Trinajstić information content (AvgIpc) is 3.27. The van der Waals surface area contributed by atoms with Crippen molar-refractivity contribution in [1.82, 2.24) is 25.2 Å². The minimum atomic E-state index is -0.0335. The molecule has 1 aromatic carbocycles. The fourth-order valence-corrected chi connectivity index (χ4v) is 2.76. The van der Waals surface area contributed by atoms with E-state index in [2.05, 4.69) is 25.6 Å². The zero-order chi connectivity index (χ0) is 20.5. The summed E-state index contributed by atoms with van der Waals surface area (Å²) in [5.41, 5.74) is 1.06. The Bertz CT molecular complexity index is 911. The Balaban J connectivity index is 1.57. The number of nitrogens with one attached hydrogen (secondary N) is 2. The van der Waals surface area contributed by atoms with Crippen LogP contribution in [0.2, 0.25) is 5.02 Å². The van der Waals surface area contributed by atoms with Crippen molar-refractivity contribution in [2.75, 3.05) is 13.1 Å². The van der Waals surface area contributed by atoms with E-state index in [-0.39, 0.29) is 6.10 Å². The van der Waals surface area contributed by atoms with E-state index in [4.69, 9.17) is 16.3 Å². The number of hydrogen-bond acceptors (Lipinski definition) is 4. The predicted octanol–water partition coefficient (Wildman–Crippen LogP) is 3.44. The molecule has 1 unspecified atom stereocenters. The van der Waals surface area contributed by atoms with E-state index in [1.807, 2.05) is 61.0 Å². The van der Waals surface area contributed by atoms with Crippen LogP contribution >= 0.6 is 11.6 Å². The van der Waals surface area contributed by atoms with Crippen molar-refractivity contribution in [3.05, 3.63) is 71.9 Å². The van der Waals surface area contributed by atoms with E-state index in [9.17, 15) is 0 Å². The van der Waals surface area contributed by atoms with Crippen molar-refractivity contribution in [2.24, 2.45) is 4.99 Å². The molecule has 2 aromatic heterocycles. The number of benzene rings is 1. The van der Waals surface area contributed by atoms with Crippen LogP contribution in [0.25, 0.3) is 5.82 Å². The Hall–Kier alpha value is -3.06. The Morgan fingerprint density at radius 2 is 2.03 bits per heavy atom. The van der Waals surface area contributed by atoms with Crippen molar-refractivity contribution >= 4 is 17.6 Å². The zero-order valence-corrected chi connectivity index (χ0v) is 17.3. The van der Waals surface area contributed by atoms with Gasteiger partial charge in [-0.3, -0.25) is 4.57 Å². The van der Waals surface area contributed by atoms with Gasteiger partial charge in [-0.1, -0.05) is 11.6 Å². The van der Waals surface area contributed by atoms with Gasteiger partial charge in [0.05, 0.1) is 13.1 Å². The molecule has 3 aromatic rings. The van der Waals surface area contributed by atoms with Gasteiger partial charge in [-0.05, 0) is 55.8 Å². The second kappa shape index (κ2) is 10.5. The quantitative estimate of drug-likeness (QED) is 0.437. The van der Waals surface area contributed by atoms with Gasteiger partial charge in [0.15, 0.2) is 5.96 Å². The number of rotatable bonds is 8. The molecule has 0 saturated carbocycles. The molecule has 7 nitrogen and oxygen atoms in total. The fraction of sp³-hybridized carbons (Fsp3) is 0.286. The number of aliphatic imine (C=N–C) groups is 1. The Morgan fingerprint density at radius 3 is 2.76 bits per heavy atom. The van der Waals surface area contributed by atoms with Crippen LogP contribution in [-0.2, 0) is 6.54 Å². The van der Waals surface area contributed by atoms with Crippen molar-refractivity contribution in [3.8, 4) is 11.6 Å². The maximum atomic E-state index is 5.91. The highest BCUT2D eigenvalue weighted by atomic mass is 35.5. The standard InChI is InChI=1S/C21H25ClN6O/c1-3-24-21(26-13-16(2)29-19-6-4-18(22)5-7-19)27-14-17-8-9-25-20(12-17)28-11-10-23-15-28/h4-12,15-16H,3,13-14H2,1-2H3,(H2,24,26,27). The number of imidazole rings is 1. The van der Waals surface area contributed by atoms with Crippen molar-refractivity contribution in [3.63, 3.8) is 0 Å². The highest BCUT2D eigenvalue weighted by Gasteiger charge is 2.06. The van der Waals surface area contributed by atoms with Crippen LogP contribution in [-0.4, -0.2) is 39.7 Å². The van der Waals surface area contributed by atoms with Gasteiger partial charge in [0.25, 0.3) is 0 Å². The minimum absolute atomic E-state index is 0.0335. The normalized spacial score (nSPS) is 12.4. The SMILES string of the molecule is CCNC(=NCc1ccnc(-n2ccnc2)c1)NCC(C)Oc1ccc(Cl)cc1. The van der Waals surface area contributed by atoms with E-state index >= 15 is 0 Å². The van der Waals surface area contributed by atoms with Crippen molar-refractivity contribution in [1.29, 1.82) is 0 Å². The lowest BCUT2D eigenvalue weighted by Gasteiger charge is -2.17. The van der Waals surface area contributed by atoms with E-state index < -0.39 is 0 Å². The van der Waals surface area contributed by atoms with E-state index in [1.165, 1.54) is 0 Å². The van der Waals surface area contributed by atoms with Gasteiger partial charge < -0.3 is 15.4 Å². The Labute approximate surface area is 175 Å². The molecule has 0 aliphatic rings. The molecule has 29 heavy (non-hydrogen) atoms. The van der Waals surface area contributed by atoms with Crippen LogP contribution < -0.4 is 15.4 Å². The molecule has 0 bridgehead atoms. The number of aromatic nitrogens is 3. The van der Waals surface area contributed by atoms with Gasteiger partial charge in [0.2, 0.25) is 0 Å². The molecule has 0 spiro atoms. The van der Waals surface area contributed by atoms with Crippen LogP contribution in [0.4, 0.5) is 0 Å². The largest absolute Gasteiger partial charge is 0.489 e. The van der Waals surface area contributed by atoms with Gasteiger partial charge in [0.1, 0.15) is 24.0 Å². The Kier molecular flexibility index (Phi) is 7.47. The van der Waals surface area contributed by atoms with Gasteiger partial charge in [-0.2, -0.15) is 0 Å². The monoisotopic (exact) mass is 412 g/mol. The highest BCUT2D eigenvalue weighted by Crippen LogP contribution is 2.16. The van der Waals surface area contributed by atoms with E-state index in [0.29, 0.717) is 18.1 Å². The molecule has 0 aliphatic heterocycles. The fourth-order valence-electron chi connectivity index (χ4n) is 2.63. The number of pyridine rings is 1. The summed E-state index contributed by atoms with van der Waals surface area (Å²) in [6.07, 6.45) is 7.07. The lowest BCUT2D eigenvalue weighted by molar-refractivity contribution is 0.224. The summed E-state index contributed by atoms with van der Waals surface area (Å²) < 4.78 is 7.76. The average molecular weight is 413 g/mol. The number of nitrogens with zero attached hydrogens (tertiary/aromatic N) is 4. The highest BCUT2D eigenvalue weighted by molar-refractivity contribution is 6.30. The maximum Gasteiger partial charge on any atom is 0.191 e. The number of halogens is 1. The molecule has 0 radical (unpaired) electrons. The first-order valence-electron chi connectivity index (χ1n) is 9.51. The second-order valence-corrected chi connectivity index (χ2v) is 6.89. The predicted molar refractivity (Wildman–Crippen MR) is 116 cm³/mol. The van der Waals surface area contributed by atoms with Crippen LogP contribution in [0.5, 0.6) is 5.75 Å². The van der Waals surface area contributed by atoms with Gasteiger partial charge in [-0.25, -0.2) is 15.0 Å². The molecule has 0 amide bonds. The van der Waals surface area contributed by atoms with Crippen LogP contribution in [0.1, 0.15) is 19.4 Å². The molecule has 0 saturated heterocycles. The molecule has 152 valence electrons. The molecule has 0 fully saturated rings. The van der Waals surface area contributed by atoms with Gasteiger partial charge >= 0.3 is 0 Å². The minimum Gasteiger partial charge on any atom is -0.489 e. The number of hydrogen-bond donors (Lipinski definition) is 2. The molecule has 8 heteroatoms. The third kappa shape index (κ3) is 6.50. The first-order chi connectivity index (χ1) is 14.1. The summed E-state index contributed by atoms with van der Waals surface area (Å²) in [4.78, 5) is 13.1. The zero-order valence-electron chi connectivity index (χ0n) is 16.5. The second-order valence-electron chi connectivity index (χ2n) is 6.45. The van der Waals surface area contributed by atoms with Gasteiger partial charge in [-0.15, -0.1) is 0 Å². The third-order valence-electron chi connectivity index (χ3n) is 4.05. The van der Waals surface area contributed by atoms with Crippen molar-refractivity contribution < 1.29 is 4.74 Å². The maximum absolute atomic E-state index is 5.91. The number of ether oxygens (including phenoxy) is 1. The first-order valence-corrected chi connectivity index (χ1v) is 9.89. The summed E-state index contributed by atoms with van der Waals surface area (Å²) >= 11 is 5.91. The summed E-state index contributed by atoms with van der Waals surface area (Å²) in [6, 6.07) is 11.3. The molecule has 2 heterocycles. The summed E-state index contributed by atoms with van der Waals surface area (Å²) in [6.45, 7) is 5.96. The van der Waals surface area contributed by atoms with E-state index in [1.54, 1.807) is 18.7 Å². The molecule has 1 atom stereocenters. The summed E-state index contributed by atoms with van der Waals surface area (Å²) in [5.74, 6) is 2.34. The lowest BCUT2D eigenvalue weighted by atomic mass is 10.2. The lowest BCUT2D eigenvalue weighted by Crippen LogP contribution is -2.41. The smallest absolute Gasteiger partial charge is 0.191 e.